The van der Waals surface area contributed by atoms with Crippen molar-refractivity contribution in [1.82, 2.24) is 0 Å². The van der Waals surface area contributed by atoms with Crippen molar-refractivity contribution >= 4 is 11.6 Å². The molecule has 2 rings (SSSR count). The fraction of sp³-hybridized carbons (Fsp3) is 0.278. The zero-order valence-electron chi connectivity index (χ0n) is 12.9. The van der Waals surface area contributed by atoms with Gasteiger partial charge in [-0.2, -0.15) is 0 Å². The van der Waals surface area contributed by atoms with Gasteiger partial charge in [0.15, 0.2) is 6.54 Å². The van der Waals surface area contributed by atoms with Crippen LogP contribution in [0.15, 0.2) is 48.5 Å². The maximum atomic E-state index is 12.0. The normalized spacial score (nSPS) is 12.0. The van der Waals surface area contributed by atoms with Crippen LogP contribution in [-0.2, 0) is 4.79 Å². The minimum absolute atomic E-state index is 0.0322. The SMILES string of the molecule is Cc1ccc(NC(=O)C[NH2+][C@@H](C)c2ccccc2)c(C)c1. The summed E-state index contributed by atoms with van der Waals surface area (Å²) in [4.78, 5) is 12.0. The Bertz CT molecular complexity index is 608. The van der Waals surface area contributed by atoms with Crippen molar-refractivity contribution < 1.29 is 10.1 Å². The fourth-order valence-electron chi connectivity index (χ4n) is 2.33. The molecule has 0 heterocycles. The van der Waals surface area contributed by atoms with Gasteiger partial charge in [0.25, 0.3) is 5.91 Å². The summed E-state index contributed by atoms with van der Waals surface area (Å²) >= 11 is 0. The molecular formula is C18H23N2O+. The van der Waals surface area contributed by atoms with Gasteiger partial charge in [0.05, 0.1) is 0 Å². The summed E-state index contributed by atoms with van der Waals surface area (Å²) in [6.45, 7) is 6.59. The van der Waals surface area contributed by atoms with Gasteiger partial charge in [-0.05, 0) is 32.4 Å². The molecule has 1 atom stereocenters. The Kier molecular flexibility index (Phi) is 5.12. The number of amides is 1. The van der Waals surface area contributed by atoms with Gasteiger partial charge in [-0.15, -0.1) is 0 Å². The maximum Gasteiger partial charge on any atom is 0.279 e. The van der Waals surface area contributed by atoms with Crippen molar-refractivity contribution in [2.45, 2.75) is 26.8 Å². The van der Waals surface area contributed by atoms with Crippen molar-refractivity contribution in [3.05, 3.63) is 65.2 Å². The number of nitrogens with one attached hydrogen (secondary N) is 1. The Balaban J connectivity index is 1.87. The number of nitrogens with two attached hydrogens (primary N) is 1. The Morgan fingerprint density at radius 3 is 2.52 bits per heavy atom. The second kappa shape index (κ2) is 7.04. The summed E-state index contributed by atoms with van der Waals surface area (Å²) in [7, 11) is 0. The molecule has 3 N–H and O–H groups in total. The minimum Gasteiger partial charge on any atom is -0.333 e. The smallest absolute Gasteiger partial charge is 0.279 e. The number of benzene rings is 2. The predicted octanol–water partition coefficient (Wildman–Crippen LogP) is 2.57. The van der Waals surface area contributed by atoms with Crippen LogP contribution < -0.4 is 10.6 Å². The minimum atomic E-state index is 0.0322. The Labute approximate surface area is 126 Å². The first kappa shape index (κ1) is 15.3. The molecular weight excluding hydrogens is 260 g/mol. The van der Waals surface area contributed by atoms with E-state index in [9.17, 15) is 4.79 Å². The Morgan fingerprint density at radius 2 is 1.86 bits per heavy atom. The number of anilines is 1. The first-order valence-electron chi connectivity index (χ1n) is 7.31. The highest BCUT2D eigenvalue weighted by atomic mass is 16.1. The number of hydrogen-bond donors (Lipinski definition) is 2. The summed E-state index contributed by atoms with van der Waals surface area (Å²) in [5.74, 6) is 0.0322. The highest BCUT2D eigenvalue weighted by Gasteiger charge is 2.11. The quantitative estimate of drug-likeness (QED) is 0.870. The van der Waals surface area contributed by atoms with E-state index in [0.29, 0.717) is 6.54 Å². The van der Waals surface area contributed by atoms with Gasteiger partial charge in [-0.25, -0.2) is 0 Å². The Morgan fingerprint density at radius 1 is 1.14 bits per heavy atom. The molecule has 0 aromatic heterocycles. The molecule has 1 amide bonds. The molecule has 3 heteroatoms. The molecule has 2 aromatic carbocycles. The molecule has 0 fully saturated rings. The van der Waals surface area contributed by atoms with Crippen LogP contribution in [0.5, 0.6) is 0 Å². The molecule has 21 heavy (non-hydrogen) atoms. The van der Waals surface area contributed by atoms with Crippen LogP contribution in [-0.4, -0.2) is 12.5 Å². The van der Waals surface area contributed by atoms with Gasteiger partial charge in [0.1, 0.15) is 6.04 Å². The van der Waals surface area contributed by atoms with E-state index in [1.165, 1.54) is 11.1 Å². The standard InChI is InChI=1S/C18H22N2O/c1-13-9-10-17(14(2)11-13)20-18(21)12-19-15(3)16-7-5-4-6-8-16/h4-11,15,19H,12H2,1-3H3,(H,20,21)/p+1/t15-/m0/s1. The van der Waals surface area contributed by atoms with Gasteiger partial charge in [0, 0.05) is 11.3 Å². The van der Waals surface area contributed by atoms with Gasteiger partial charge in [0.2, 0.25) is 0 Å². The zero-order chi connectivity index (χ0) is 15.2. The van der Waals surface area contributed by atoms with Crippen molar-refractivity contribution in [1.29, 1.82) is 0 Å². The van der Waals surface area contributed by atoms with Crippen LogP contribution in [0.4, 0.5) is 5.69 Å². The average molecular weight is 283 g/mol. The van der Waals surface area contributed by atoms with Gasteiger partial charge < -0.3 is 10.6 Å². The van der Waals surface area contributed by atoms with Crippen molar-refractivity contribution in [3.8, 4) is 0 Å². The van der Waals surface area contributed by atoms with Crippen LogP contribution in [0.3, 0.4) is 0 Å². The zero-order valence-corrected chi connectivity index (χ0v) is 12.9. The molecule has 0 radical (unpaired) electrons. The summed E-state index contributed by atoms with van der Waals surface area (Å²) in [6.07, 6.45) is 0. The lowest BCUT2D eigenvalue weighted by molar-refractivity contribution is -0.682. The molecule has 0 aliphatic heterocycles. The average Bonchev–Trinajstić information content (AvgIpc) is 2.48. The van der Waals surface area contributed by atoms with Crippen molar-refractivity contribution in [3.63, 3.8) is 0 Å². The van der Waals surface area contributed by atoms with E-state index in [1.807, 2.05) is 49.5 Å². The number of quaternary nitrogens is 1. The van der Waals surface area contributed by atoms with Gasteiger partial charge in [-0.1, -0.05) is 48.0 Å². The van der Waals surface area contributed by atoms with E-state index in [0.717, 1.165) is 11.3 Å². The molecule has 0 bridgehead atoms. The van der Waals surface area contributed by atoms with Crippen LogP contribution in [0.1, 0.15) is 29.7 Å². The second-order valence-electron chi connectivity index (χ2n) is 5.51. The molecule has 110 valence electrons. The lowest BCUT2D eigenvalue weighted by Gasteiger charge is -2.12. The molecule has 0 saturated carbocycles. The van der Waals surface area contributed by atoms with Crippen molar-refractivity contribution in [2.24, 2.45) is 0 Å². The highest BCUT2D eigenvalue weighted by Crippen LogP contribution is 2.15. The molecule has 0 aliphatic rings. The summed E-state index contributed by atoms with van der Waals surface area (Å²) in [5.41, 5.74) is 4.43. The Hall–Kier alpha value is -2.13. The first-order valence-corrected chi connectivity index (χ1v) is 7.31. The molecule has 0 aliphatic carbocycles. The van der Waals surface area contributed by atoms with E-state index < -0.39 is 0 Å². The summed E-state index contributed by atoms with van der Waals surface area (Å²) in [6, 6.07) is 16.5. The molecule has 3 nitrogen and oxygen atoms in total. The van der Waals surface area contributed by atoms with Gasteiger partial charge in [-0.3, -0.25) is 4.79 Å². The number of aryl methyl sites for hydroxylation is 2. The van der Waals surface area contributed by atoms with E-state index >= 15 is 0 Å². The third-order valence-electron chi connectivity index (χ3n) is 3.64. The van der Waals surface area contributed by atoms with E-state index in [2.05, 4.69) is 30.4 Å². The van der Waals surface area contributed by atoms with E-state index in [4.69, 9.17) is 0 Å². The topological polar surface area (TPSA) is 45.7 Å². The third kappa shape index (κ3) is 4.43. The number of rotatable bonds is 5. The number of carbonyl (C=O) groups excluding carboxylic acids is 1. The predicted molar refractivity (Wildman–Crippen MR) is 86.2 cm³/mol. The monoisotopic (exact) mass is 283 g/mol. The molecule has 2 aromatic rings. The highest BCUT2D eigenvalue weighted by molar-refractivity contribution is 5.92. The fourth-order valence-corrected chi connectivity index (χ4v) is 2.33. The number of carbonyl (C=O) groups is 1. The van der Waals surface area contributed by atoms with Crippen LogP contribution >= 0.6 is 0 Å². The van der Waals surface area contributed by atoms with Crippen molar-refractivity contribution in [2.75, 3.05) is 11.9 Å². The number of hydrogen-bond acceptors (Lipinski definition) is 1. The van der Waals surface area contributed by atoms with Crippen LogP contribution in [0.25, 0.3) is 0 Å². The molecule has 0 unspecified atom stereocenters. The van der Waals surface area contributed by atoms with Crippen LogP contribution in [0, 0.1) is 13.8 Å². The van der Waals surface area contributed by atoms with Gasteiger partial charge >= 0.3 is 0 Å². The van der Waals surface area contributed by atoms with E-state index in [-0.39, 0.29) is 11.9 Å². The largest absolute Gasteiger partial charge is 0.333 e. The first-order chi connectivity index (χ1) is 10.1. The summed E-state index contributed by atoms with van der Waals surface area (Å²) < 4.78 is 0. The van der Waals surface area contributed by atoms with Crippen LogP contribution in [0.2, 0.25) is 0 Å². The van der Waals surface area contributed by atoms with E-state index in [1.54, 1.807) is 0 Å². The lowest BCUT2D eigenvalue weighted by atomic mass is 10.1. The third-order valence-corrected chi connectivity index (χ3v) is 3.64. The maximum absolute atomic E-state index is 12.0. The molecule has 0 spiro atoms. The lowest BCUT2D eigenvalue weighted by Crippen LogP contribution is -2.86. The second-order valence-corrected chi connectivity index (χ2v) is 5.51. The molecule has 0 saturated heterocycles. The summed E-state index contributed by atoms with van der Waals surface area (Å²) in [5, 5.41) is 5.02.